The number of rotatable bonds is 6. The number of likely N-dealkylation sites (N-methyl/N-ethyl adjacent to an activating group) is 1. The predicted octanol–water partition coefficient (Wildman–Crippen LogP) is 2.62. The Bertz CT molecular complexity index is 882. The molecular weight excluding hydrogens is 386 g/mol. The van der Waals surface area contributed by atoms with Crippen molar-refractivity contribution in [3.05, 3.63) is 40.7 Å². The number of nitrogens with zero attached hydrogens (tertiary/aromatic N) is 1. The minimum absolute atomic E-state index is 0.161. The van der Waals surface area contributed by atoms with E-state index in [1.807, 2.05) is 0 Å². The van der Waals surface area contributed by atoms with E-state index in [9.17, 15) is 18.0 Å². The summed E-state index contributed by atoms with van der Waals surface area (Å²) in [5.41, 5.74) is 0.742. The van der Waals surface area contributed by atoms with Gasteiger partial charge in [-0.2, -0.15) is 4.31 Å². The van der Waals surface area contributed by atoms with Crippen LogP contribution in [0.2, 0.25) is 5.02 Å². The van der Waals surface area contributed by atoms with Crippen molar-refractivity contribution in [1.29, 1.82) is 0 Å². The Morgan fingerprint density at radius 3 is 2.56 bits per heavy atom. The minimum atomic E-state index is -3.72. The molecule has 2 rings (SSSR count). The Kier molecular flexibility index (Phi) is 6.17. The van der Waals surface area contributed by atoms with Gasteiger partial charge in [-0.1, -0.05) is 17.7 Å². The zero-order chi connectivity index (χ0) is 18.6. The number of sulfonamides is 1. The van der Waals surface area contributed by atoms with Crippen LogP contribution >= 0.6 is 22.9 Å². The molecule has 1 aromatic heterocycles. The van der Waals surface area contributed by atoms with Crippen molar-refractivity contribution in [3.8, 4) is 0 Å². The lowest BCUT2D eigenvalue weighted by Crippen LogP contribution is -2.34. The van der Waals surface area contributed by atoms with E-state index in [2.05, 4.69) is 10.6 Å². The van der Waals surface area contributed by atoms with Crippen LogP contribution < -0.4 is 10.6 Å². The molecule has 0 aliphatic carbocycles. The number of anilines is 2. The molecule has 1 heterocycles. The van der Waals surface area contributed by atoms with Crippen LogP contribution in [0.4, 0.5) is 11.4 Å². The Labute approximate surface area is 154 Å². The summed E-state index contributed by atoms with van der Waals surface area (Å²) in [7, 11) is -2.39. The van der Waals surface area contributed by atoms with Crippen LogP contribution in [0, 0.1) is 0 Å². The average Bonchev–Trinajstić information content (AvgIpc) is 3.05. The number of carbonyl (C=O) groups excluding carboxylic acids is 2. The molecule has 2 aromatic rings. The maximum Gasteiger partial charge on any atom is 0.252 e. The molecule has 10 heteroatoms. The van der Waals surface area contributed by atoms with Crippen LogP contribution in [0.15, 0.2) is 39.9 Å². The summed E-state index contributed by atoms with van der Waals surface area (Å²) in [6.07, 6.45) is 0. The lowest BCUT2D eigenvalue weighted by Gasteiger charge is -2.16. The maximum atomic E-state index is 12.3. The van der Waals surface area contributed by atoms with Crippen molar-refractivity contribution in [2.24, 2.45) is 0 Å². The summed E-state index contributed by atoms with van der Waals surface area (Å²) < 4.78 is 25.7. The number of hydrogen-bond acceptors (Lipinski definition) is 5. The van der Waals surface area contributed by atoms with Gasteiger partial charge in [-0.3, -0.25) is 9.59 Å². The van der Waals surface area contributed by atoms with E-state index < -0.39 is 15.9 Å². The molecule has 0 atom stereocenters. The van der Waals surface area contributed by atoms with E-state index >= 15 is 0 Å². The van der Waals surface area contributed by atoms with E-state index in [0.29, 0.717) is 5.69 Å². The maximum absolute atomic E-state index is 12.3. The molecular formula is C15H16ClN3O4S2. The first-order valence-corrected chi connectivity index (χ1v) is 9.77. The molecule has 0 bridgehead atoms. The number of hydrogen-bond donors (Lipinski definition) is 2. The van der Waals surface area contributed by atoms with Gasteiger partial charge in [-0.15, -0.1) is 11.3 Å². The van der Waals surface area contributed by atoms with Crippen molar-refractivity contribution in [2.45, 2.75) is 11.1 Å². The van der Waals surface area contributed by atoms with Gasteiger partial charge in [-0.25, -0.2) is 8.42 Å². The molecule has 2 amide bonds. The van der Waals surface area contributed by atoms with E-state index in [4.69, 9.17) is 11.6 Å². The van der Waals surface area contributed by atoms with Gasteiger partial charge in [0, 0.05) is 19.7 Å². The molecule has 0 unspecified atom stereocenters. The molecule has 0 saturated heterocycles. The highest BCUT2D eigenvalue weighted by Gasteiger charge is 2.24. The van der Waals surface area contributed by atoms with Crippen molar-refractivity contribution in [2.75, 3.05) is 24.2 Å². The fraction of sp³-hybridized carbons (Fsp3) is 0.200. The molecule has 7 nitrogen and oxygen atoms in total. The van der Waals surface area contributed by atoms with Crippen LogP contribution in [0.1, 0.15) is 6.92 Å². The van der Waals surface area contributed by atoms with Crippen molar-refractivity contribution in [3.63, 3.8) is 0 Å². The third-order valence-electron chi connectivity index (χ3n) is 3.09. The summed E-state index contributed by atoms with van der Waals surface area (Å²) in [5.74, 6) is -0.814. The molecule has 0 radical (unpaired) electrons. The minimum Gasteiger partial charge on any atom is -0.326 e. The lowest BCUT2D eigenvalue weighted by molar-refractivity contribution is -0.116. The van der Waals surface area contributed by atoms with Gasteiger partial charge in [0.1, 0.15) is 4.21 Å². The summed E-state index contributed by atoms with van der Waals surface area (Å²) in [6, 6.07) is 7.71. The fourth-order valence-corrected chi connectivity index (χ4v) is 4.44. The highest BCUT2D eigenvalue weighted by molar-refractivity contribution is 7.91. The molecule has 134 valence electrons. The molecule has 2 N–H and O–H groups in total. The summed E-state index contributed by atoms with van der Waals surface area (Å²) in [6.45, 7) is 0.984. The highest BCUT2D eigenvalue weighted by atomic mass is 35.5. The topological polar surface area (TPSA) is 95.6 Å². The van der Waals surface area contributed by atoms with E-state index in [-0.39, 0.29) is 27.4 Å². The lowest BCUT2D eigenvalue weighted by atomic mass is 10.2. The fourth-order valence-electron chi connectivity index (χ4n) is 1.94. The Morgan fingerprint density at radius 1 is 1.24 bits per heavy atom. The predicted molar refractivity (Wildman–Crippen MR) is 98.5 cm³/mol. The first-order valence-electron chi connectivity index (χ1n) is 7.07. The van der Waals surface area contributed by atoms with Crippen LogP contribution in [-0.4, -0.2) is 38.1 Å². The smallest absolute Gasteiger partial charge is 0.252 e. The number of halogens is 1. The molecule has 25 heavy (non-hydrogen) atoms. The Hall–Kier alpha value is -1.94. The number of thiophene rings is 1. The van der Waals surface area contributed by atoms with Gasteiger partial charge in [0.25, 0.3) is 10.0 Å². The Balaban J connectivity index is 2.08. The summed E-state index contributed by atoms with van der Waals surface area (Å²) in [5, 5.41) is 7.04. The van der Waals surface area contributed by atoms with Gasteiger partial charge in [0.15, 0.2) is 0 Å². The van der Waals surface area contributed by atoms with Gasteiger partial charge in [-0.05, 0) is 29.6 Å². The van der Waals surface area contributed by atoms with Gasteiger partial charge >= 0.3 is 0 Å². The molecule has 0 saturated carbocycles. The van der Waals surface area contributed by atoms with E-state index in [1.54, 1.807) is 17.5 Å². The molecule has 0 fully saturated rings. The summed E-state index contributed by atoms with van der Waals surface area (Å²) >= 11 is 7.10. The zero-order valence-electron chi connectivity index (χ0n) is 13.4. The Morgan fingerprint density at radius 2 is 1.96 bits per heavy atom. The average molecular weight is 402 g/mol. The molecule has 0 aliphatic rings. The van der Waals surface area contributed by atoms with Crippen LogP contribution in [0.5, 0.6) is 0 Å². The van der Waals surface area contributed by atoms with Crippen molar-refractivity contribution in [1.82, 2.24) is 4.31 Å². The zero-order valence-corrected chi connectivity index (χ0v) is 15.8. The number of nitrogens with one attached hydrogen (secondary N) is 2. The quantitative estimate of drug-likeness (QED) is 0.777. The molecule has 0 aliphatic heterocycles. The first-order chi connectivity index (χ1) is 11.7. The second kappa shape index (κ2) is 7.96. The first kappa shape index (κ1) is 19.4. The SMILES string of the molecule is CC(=O)Nc1ccc(Cl)c(NC(=O)CN(C)S(=O)(=O)c2cccs2)c1. The second-order valence-electron chi connectivity index (χ2n) is 5.12. The van der Waals surface area contributed by atoms with Gasteiger partial charge < -0.3 is 10.6 Å². The van der Waals surface area contributed by atoms with E-state index in [1.165, 1.54) is 32.2 Å². The van der Waals surface area contributed by atoms with Crippen LogP contribution in [-0.2, 0) is 19.6 Å². The normalized spacial score (nSPS) is 11.4. The highest BCUT2D eigenvalue weighted by Crippen LogP contribution is 2.26. The third kappa shape index (κ3) is 5.02. The molecule has 0 spiro atoms. The number of carbonyl (C=O) groups is 2. The van der Waals surface area contributed by atoms with Crippen molar-refractivity contribution < 1.29 is 18.0 Å². The van der Waals surface area contributed by atoms with Gasteiger partial charge in [0.05, 0.1) is 17.3 Å². The molecule has 1 aromatic carbocycles. The van der Waals surface area contributed by atoms with Crippen LogP contribution in [0.3, 0.4) is 0 Å². The number of amides is 2. The standard InChI is InChI=1S/C15H16ClN3O4S2/c1-10(20)17-11-5-6-12(16)13(8-11)18-14(21)9-19(2)25(22,23)15-4-3-7-24-15/h3-8H,9H2,1-2H3,(H,17,20)(H,18,21). The van der Waals surface area contributed by atoms with Gasteiger partial charge in [0.2, 0.25) is 11.8 Å². The number of benzene rings is 1. The largest absolute Gasteiger partial charge is 0.326 e. The summed E-state index contributed by atoms with van der Waals surface area (Å²) in [4.78, 5) is 23.3. The van der Waals surface area contributed by atoms with Crippen molar-refractivity contribution >= 4 is 56.2 Å². The van der Waals surface area contributed by atoms with Crippen LogP contribution in [0.25, 0.3) is 0 Å². The second-order valence-corrected chi connectivity index (χ2v) is 8.74. The monoisotopic (exact) mass is 401 g/mol. The van der Waals surface area contributed by atoms with E-state index in [0.717, 1.165) is 15.6 Å². The third-order valence-corrected chi connectivity index (χ3v) is 6.59.